The summed E-state index contributed by atoms with van der Waals surface area (Å²) in [4.78, 5) is 40.0. The van der Waals surface area contributed by atoms with Gasteiger partial charge in [-0.2, -0.15) is 0 Å². The molecular formula is C69H133N2O7P. The van der Waals surface area contributed by atoms with Crippen LogP contribution in [0, 0.1) is 0 Å². The van der Waals surface area contributed by atoms with Gasteiger partial charge >= 0.3 is 5.97 Å². The average molecular weight is 1130 g/mol. The van der Waals surface area contributed by atoms with E-state index in [9.17, 15) is 19.0 Å². The van der Waals surface area contributed by atoms with Crippen molar-refractivity contribution in [3.63, 3.8) is 0 Å². The number of phosphoric acid groups is 1. The number of hydrogen-bond donors (Lipinski definition) is 1. The molecule has 0 saturated carbocycles. The molecule has 0 aromatic rings. The highest BCUT2D eigenvalue weighted by molar-refractivity contribution is 7.45. The Labute approximate surface area is 491 Å². The quantitative estimate of drug-likeness (QED) is 0.0212. The second-order valence-corrected chi connectivity index (χ2v) is 26.1. The van der Waals surface area contributed by atoms with Crippen molar-refractivity contribution in [1.82, 2.24) is 5.32 Å². The van der Waals surface area contributed by atoms with Gasteiger partial charge in [0.1, 0.15) is 19.3 Å². The second kappa shape index (κ2) is 59.4. The van der Waals surface area contributed by atoms with Gasteiger partial charge in [-0.1, -0.05) is 308 Å². The third kappa shape index (κ3) is 60.6. The molecule has 0 bridgehead atoms. The molecule has 1 amide bonds. The van der Waals surface area contributed by atoms with Gasteiger partial charge in [-0.15, -0.1) is 0 Å². The molecule has 9 nitrogen and oxygen atoms in total. The molecule has 3 atom stereocenters. The number of likely N-dealkylation sites (N-methyl/N-ethyl adjacent to an activating group) is 1. The van der Waals surface area contributed by atoms with Crippen molar-refractivity contribution in [2.75, 3.05) is 40.9 Å². The number of phosphoric ester groups is 1. The number of carbonyl (C=O) groups is 2. The van der Waals surface area contributed by atoms with Crippen LogP contribution in [-0.2, 0) is 27.9 Å². The third-order valence-electron chi connectivity index (χ3n) is 15.6. The van der Waals surface area contributed by atoms with Gasteiger partial charge in [0.15, 0.2) is 0 Å². The first-order valence-electron chi connectivity index (χ1n) is 34.3. The largest absolute Gasteiger partial charge is 0.756 e. The Morgan fingerprint density at radius 3 is 1.20 bits per heavy atom. The summed E-state index contributed by atoms with van der Waals surface area (Å²) >= 11 is 0. The van der Waals surface area contributed by atoms with Gasteiger partial charge in [-0.25, -0.2) is 0 Å². The highest BCUT2D eigenvalue weighted by Gasteiger charge is 2.27. The zero-order valence-corrected chi connectivity index (χ0v) is 54.2. The van der Waals surface area contributed by atoms with Gasteiger partial charge in [-0.05, 0) is 57.4 Å². The fraction of sp³-hybridized carbons (Fsp3) is 0.884. The summed E-state index contributed by atoms with van der Waals surface area (Å²) in [5.74, 6) is -0.535. The maximum absolute atomic E-state index is 13.6. The Morgan fingerprint density at radius 1 is 0.456 bits per heavy atom. The van der Waals surface area contributed by atoms with E-state index in [1.54, 1.807) is 0 Å². The number of esters is 1. The molecule has 0 aliphatic heterocycles. The van der Waals surface area contributed by atoms with Crippen molar-refractivity contribution >= 4 is 19.7 Å². The van der Waals surface area contributed by atoms with E-state index in [0.29, 0.717) is 17.4 Å². The average Bonchev–Trinajstić information content (AvgIpc) is 3.41. The standard InChI is InChI=1S/C69H133N2O7P/c1-7-10-13-16-19-22-25-28-30-31-32-33-34-35-36-37-38-39-40-41-42-43-46-49-52-55-58-61-68(72)70-66(65-77-79(74,75)76-64-63-71(4,5)6)67(60-57-54-51-48-45-27-24-21-18-15-12-9-3)78-69(73)62-59-56-53-50-47-44-29-26-23-20-17-14-11-8-2/h11,14,20,23,57,60,66-67H,7-10,12-13,15-19,21-22,24-56,58-59,61-65H2,1-6H3,(H-,70,72,74,75)/b14-11+,23-20+,60-57-. The maximum atomic E-state index is 13.6. The van der Waals surface area contributed by atoms with Crippen molar-refractivity contribution in [3.05, 3.63) is 36.5 Å². The lowest BCUT2D eigenvalue weighted by Gasteiger charge is -2.30. The van der Waals surface area contributed by atoms with Crippen LogP contribution in [-0.4, -0.2) is 69.4 Å². The molecule has 3 unspecified atom stereocenters. The highest BCUT2D eigenvalue weighted by Crippen LogP contribution is 2.38. The Balaban J connectivity index is 4.95. The van der Waals surface area contributed by atoms with E-state index in [-0.39, 0.29) is 31.5 Å². The number of rotatable bonds is 63. The zero-order valence-electron chi connectivity index (χ0n) is 53.3. The van der Waals surface area contributed by atoms with E-state index in [4.69, 9.17) is 13.8 Å². The Morgan fingerprint density at radius 2 is 0.810 bits per heavy atom. The molecule has 1 N–H and O–H groups in total. The predicted octanol–water partition coefficient (Wildman–Crippen LogP) is 20.8. The van der Waals surface area contributed by atoms with Crippen LogP contribution >= 0.6 is 7.82 Å². The van der Waals surface area contributed by atoms with Crippen molar-refractivity contribution in [3.8, 4) is 0 Å². The van der Waals surface area contributed by atoms with Crippen LogP contribution in [0.15, 0.2) is 36.5 Å². The van der Waals surface area contributed by atoms with Gasteiger partial charge in [0.05, 0.1) is 33.8 Å². The smallest absolute Gasteiger partial charge is 0.306 e. The first kappa shape index (κ1) is 77.2. The molecule has 0 aromatic heterocycles. The normalized spacial score (nSPS) is 13.8. The molecule has 0 spiro atoms. The zero-order chi connectivity index (χ0) is 57.9. The summed E-state index contributed by atoms with van der Waals surface area (Å²) in [6, 6.07) is -0.888. The molecule has 0 heterocycles. The summed E-state index contributed by atoms with van der Waals surface area (Å²) in [5.41, 5.74) is 0. The van der Waals surface area contributed by atoms with Gasteiger partial charge in [0, 0.05) is 12.8 Å². The van der Waals surface area contributed by atoms with Gasteiger partial charge in [0.25, 0.3) is 7.82 Å². The highest BCUT2D eigenvalue weighted by atomic mass is 31.2. The van der Waals surface area contributed by atoms with Crippen LogP contribution in [0.5, 0.6) is 0 Å². The topological polar surface area (TPSA) is 114 Å². The molecule has 0 saturated heterocycles. The second-order valence-electron chi connectivity index (χ2n) is 24.7. The van der Waals surface area contributed by atoms with E-state index >= 15 is 0 Å². The molecule has 0 aromatic carbocycles. The Bertz CT molecular complexity index is 1450. The monoisotopic (exact) mass is 1130 g/mol. The number of quaternary nitrogens is 1. The first-order valence-corrected chi connectivity index (χ1v) is 35.8. The summed E-state index contributed by atoms with van der Waals surface area (Å²) in [6.07, 6.45) is 72.8. The number of nitrogens with one attached hydrogen (secondary N) is 1. The maximum Gasteiger partial charge on any atom is 0.306 e. The summed E-state index contributed by atoms with van der Waals surface area (Å²) in [6.45, 7) is 6.78. The van der Waals surface area contributed by atoms with Crippen LogP contribution in [0.4, 0.5) is 0 Å². The summed E-state index contributed by atoms with van der Waals surface area (Å²) in [5, 5.41) is 3.04. The predicted molar refractivity (Wildman–Crippen MR) is 340 cm³/mol. The van der Waals surface area contributed by atoms with Crippen LogP contribution in [0.25, 0.3) is 0 Å². The molecule has 79 heavy (non-hydrogen) atoms. The SMILES string of the molecule is CC/C=C/C/C=C/CCCCCCCCCC(=O)OC(/C=C\CCCCCCCCCCCC)C(COP(=O)([O-])OCC[N+](C)(C)C)NC(=O)CCCCCCCCCCCCCCCCCCCCCCCCCCCCC. The Kier molecular flexibility index (Phi) is 58.1. The lowest BCUT2D eigenvalue weighted by atomic mass is 10.0. The van der Waals surface area contributed by atoms with Crippen molar-refractivity contribution in [2.24, 2.45) is 0 Å². The molecule has 0 radical (unpaired) electrons. The molecule has 0 aliphatic carbocycles. The lowest BCUT2D eigenvalue weighted by molar-refractivity contribution is -0.870. The van der Waals surface area contributed by atoms with E-state index in [1.807, 2.05) is 33.3 Å². The number of carbonyl (C=O) groups excluding carboxylic acids is 2. The van der Waals surface area contributed by atoms with Gasteiger partial charge in [-0.3, -0.25) is 14.2 Å². The minimum absolute atomic E-state index is 0.0212. The number of amides is 1. The number of allylic oxidation sites excluding steroid dienone is 5. The fourth-order valence-electron chi connectivity index (χ4n) is 10.3. The third-order valence-corrected chi connectivity index (χ3v) is 16.5. The molecular weight excluding hydrogens is 1000 g/mol. The number of hydrogen-bond acceptors (Lipinski definition) is 7. The fourth-order valence-corrected chi connectivity index (χ4v) is 11.1. The molecule has 0 aliphatic rings. The van der Waals surface area contributed by atoms with E-state index in [2.05, 4.69) is 50.4 Å². The van der Waals surface area contributed by atoms with Crippen LogP contribution in [0.3, 0.4) is 0 Å². The van der Waals surface area contributed by atoms with Crippen LogP contribution in [0.1, 0.15) is 342 Å². The molecule has 466 valence electrons. The van der Waals surface area contributed by atoms with Crippen LogP contribution < -0.4 is 10.2 Å². The van der Waals surface area contributed by atoms with Crippen molar-refractivity contribution in [1.29, 1.82) is 0 Å². The molecule has 10 heteroatoms. The minimum atomic E-state index is -4.70. The van der Waals surface area contributed by atoms with Crippen molar-refractivity contribution < 1.29 is 37.3 Å². The van der Waals surface area contributed by atoms with Gasteiger partial charge < -0.3 is 28.5 Å². The molecule has 0 fully saturated rings. The summed E-state index contributed by atoms with van der Waals surface area (Å²) < 4.78 is 30.4. The number of nitrogens with zero attached hydrogens (tertiary/aromatic N) is 1. The van der Waals surface area contributed by atoms with Crippen LogP contribution in [0.2, 0.25) is 0 Å². The van der Waals surface area contributed by atoms with Gasteiger partial charge in [0.2, 0.25) is 5.91 Å². The summed E-state index contributed by atoms with van der Waals surface area (Å²) in [7, 11) is 1.19. The Hall–Kier alpha value is -1.77. The number of ether oxygens (including phenoxy) is 1. The lowest BCUT2D eigenvalue weighted by Crippen LogP contribution is -2.47. The van der Waals surface area contributed by atoms with Crippen molar-refractivity contribution in [2.45, 2.75) is 354 Å². The van der Waals surface area contributed by atoms with E-state index in [0.717, 1.165) is 83.5 Å². The number of unbranched alkanes of at least 4 members (excludes halogenated alkanes) is 43. The molecule has 0 rings (SSSR count). The first-order chi connectivity index (χ1) is 38.4. The van der Waals surface area contributed by atoms with E-state index < -0.39 is 20.0 Å². The minimum Gasteiger partial charge on any atom is -0.756 e. The van der Waals surface area contributed by atoms with E-state index in [1.165, 1.54) is 225 Å².